The second-order valence-electron chi connectivity index (χ2n) is 17.5. The van der Waals surface area contributed by atoms with Crippen LogP contribution in [0, 0.1) is 0 Å². The Hall–Kier alpha value is -6.56. The first-order chi connectivity index (χ1) is 29.0. The molecule has 0 bridgehead atoms. The Morgan fingerprint density at radius 1 is 0.467 bits per heavy atom. The van der Waals surface area contributed by atoms with Crippen molar-refractivity contribution < 1.29 is 0 Å². The summed E-state index contributed by atoms with van der Waals surface area (Å²) < 4.78 is 0. The predicted molar refractivity (Wildman–Crippen MR) is 256 cm³/mol. The van der Waals surface area contributed by atoms with Gasteiger partial charge in [0.1, 0.15) is 5.82 Å². The first-order valence-electron chi connectivity index (χ1n) is 20.7. The average Bonchev–Trinajstić information content (AvgIpc) is 3.36. The third kappa shape index (κ3) is 7.81. The first-order valence-corrected chi connectivity index (χ1v) is 21.5. The number of rotatable bonds is 8. The van der Waals surface area contributed by atoms with E-state index in [1.807, 2.05) is 12.3 Å². The molecule has 4 nitrogen and oxygen atoms in total. The molecule has 1 aliphatic rings. The standard InChI is InChI=1S/C55H50N4S/c1-54(2,3)38-29-31-45-43-22-10-11-23-44(43)46-32-30-41(36-51(46)59(50(45)34-38)52-28-14-15-33-56-52)60-40-21-16-20-39(35-40)57-48-26-12-13-27-49(48)58-53-42(37-18-8-7-9-19-37)24-17-25-47(53)55(4,5)6/h7-36,57-58H,1-6H3. The Bertz CT molecular complexity index is 2820. The molecule has 0 saturated carbocycles. The minimum Gasteiger partial charge on any atom is -0.354 e. The molecule has 2 heterocycles. The Labute approximate surface area is 359 Å². The van der Waals surface area contributed by atoms with E-state index < -0.39 is 0 Å². The van der Waals surface area contributed by atoms with E-state index in [2.05, 4.69) is 227 Å². The van der Waals surface area contributed by atoms with E-state index in [1.165, 1.54) is 44.5 Å². The molecule has 0 radical (unpaired) electrons. The molecule has 60 heavy (non-hydrogen) atoms. The molecule has 1 aromatic heterocycles. The molecule has 5 heteroatoms. The van der Waals surface area contributed by atoms with E-state index in [0.717, 1.165) is 49.7 Å². The molecule has 0 spiro atoms. The SMILES string of the molecule is CC(C)(C)c1ccc2c(c1)N(c1ccccn1)c1cc(Sc3cccc(Nc4ccccc4Nc4c(-c5ccccc5)cccc4C(C)(C)C)c3)ccc1-c1ccccc1-2. The molecule has 9 rings (SSSR count). The molecular formula is C55H50N4S. The highest BCUT2D eigenvalue weighted by Gasteiger charge is 2.29. The van der Waals surface area contributed by atoms with Crippen LogP contribution in [0.25, 0.3) is 33.4 Å². The molecule has 0 saturated heterocycles. The zero-order valence-electron chi connectivity index (χ0n) is 35.1. The molecule has 8 aromatic rings. The lowest BCUT2D eigenvalue weighted by molar-refractivity contribution is 0.590. The van der Waals surface area contributed by atoms with Gasteiger partial charge in [0.05, 0.1) is 28.4 Å². The van der Waals surface area contributed by atoms with Gasteiger partial charge in [0.15, 0.2) is 0 Å². The van der Waals surface area contributed by atoms with Crippen LogP contribution in [0.5, 0.6) is 0 Å². The van der Waals surface area contributed by atoms with Crippen molar-refractivity contribution in [3.8, 4) is 33.4 Å². The average molecular weight is 799 g/mol. The van der Waals surface area contributed by atoms with Crippen LogP contribution in [0.2, 0.25) is 0 Å². The van der Waals surface area contributed by atoms with E-state index in [0.29, 0.717) is 0 Å². The van der Waals surface area contributed by atoms with Gasteiger partial charge < -0.3 is 10.6 Å². The minimum absolute atomic E-state index is 0.0190. The van der Waals surface area contributed by atoms with Crippen molar-refractivity contribution in [3.05, 3.63) is 193 Å². The zero-order chi connectivity index (χ0) is 41.4. The van der Waals surface area contributed by atoms with Gasteiger partial charge in [-0.1, -0.05) is 169 Å². The topological polar surface area (TPSA) is 40.2 Å². The molecule has 1 aliphatic heterocycles. The third-order valence-electron chi connectivity index (χ3n) is 11.2. The van der Waals surface area contributed by atoms with E-state index in [9.17, 15) is 0 Å². The van der Waals surface area contributed by atoms with E-state index >= 15 is 0 Å². The lowest BCUT2D eigenvalue weighted by atomic mass is 9.83. The second-order valence-corrected chi connectivity index (χ2v) is 18.6. The summed E-state index contributed by atoms with van der Waals surface area (Å²) in [5, 5.41) is 7.66. The summed E-state index contributed by atoms with van der Waals surface area (Å²) in [6.07, 6.45) is 1.89. The van der Waals surface area contributed by atoms with Crippen molar-refractivity contribution in [3.63, 3.8) is 0 Å². The summed E-state index contributed by atoms with van der Waals surface area (Å²) in [7, 11) is 0. The number of para-hydroxylation sites is 3. The van der Waals surface area contributed by atoms with Crippen LogP contribution < -0.4 is 15.5 Å². The fourth-order valence-corrected chi connectivity index (χ4v) is 9.06. The van der Waals surface area contributed by atoms with Crippen LogP contribution in [0.1, 0.15) is 52.7 Å². The van der Waals surface area contributed by atoms with Gasteiger partial charge in [0.25, 0.3) is 0 Å². The number of fused-ring (bicyclic) bond motifs is 5. The molecule has 2 N–H and O–H groups in total. The van der Waals surface area contributed by atoms with Gasteiger partial charge in [-0.25, -0.2) is 4.98 Å². The number of pyridine rings is 1. The van der Waals surface area contributed by atoms with Crippen LogP contribution in [0.15, 0.2) is 192 Å². The Morgan fingerprint density at radius 2 is 1.08 bits per heavy atom. The van der Waals surface area contributed by atoms with Crippen molar-refractivity contribution >= 4 is 51.7 Å². The van der Waals surface area contributed by atoms with Gasteiger partial charge in [-0.3, -0.25) is 4.90 Å². The Kier molecular flexibility index (Phi) is 10.3. The molecule has 0 atom stereocenters. The van der Waals surface area contributed by atoms with Gasteiger partial charge >= 0.3 is 0 Å². The summed E-state index contributed by atoms with van der Waals surface area (Å²) in [6, 6.07) is 63.2. The Balaban J connectivity index is 1.07. The smallest absolute Gasteiger partial charge is 0.137 e. The first kappa shape index (κ1) is 38.9. The molecule has 0 amide bonds. The number of hydrogen-bond acceptors (Lipinski definition) is 5. The summed E-state index contributed by atoms with van der Waals surface area (Å²) in [5.74, 6) is 0.889. The largest absolute Gasteiger partial charge is 0.354 e. The maximum Gasteiger partial charge on any atom is 0.137 e. The maximum absolute atomic E-state index is 4.94. The van der Waals surface area contributed by atoms with Crippen molar-refractivity contribution in [1.29, 1.82) is 0 Å². The van der Waals surface area contributed by atoms with Crippen molar-refractivity contribution in [2.75, 3.05) is 15.5 Å². The number of anilines is 7. The number of nitrogens with zero attached hydrogens (tertiary/aromatic N) is 2. The van der Waals surface area contributed by atoms with Gasteiger partial charge in [-0.15, -0.1) is 0 Å². The van der Waals surface area contributed by atoms with E-state index in [4.69, 9.17) is 4.98 Å². The Morgan fingerprint density at radius 3 is 1.78 bits per heavy atom. The van der Waals surface area contributed by atoms with E-state index in [-0.39, 0.29) is 10.8 Å². The normalized spacial score (nSPS) is 12.2. The molecule has 296 valence electrons. The fraction of sp³-hybridized carbons (Fsp3) is 0.145. The zero-order valence-corrected chi connectivity index (χ0v) is 35.9. The van der Waals surface area contributed by atoms with Crippen LogP contribution in [0.4, 0.5) is 39.9 Å². The number of nitrogens with one attached hydrogen (secondary N) is 2. The van der Waals surface area contributed by atoms with Crippen molar-refractivity contribution in [2.45, 2.75) is 62.2 Å². The van der Waals surface area contributed by atoms with Gasteiger partial charge in [0, 0.05) is 38.4 Å². The minimum atomic E-state index is -0.0619. The summed E-state index contributed by atoms with van der Waals surface area (Å²) in [4.78, 5) is 9.58. The number of hydrogen-bond donors (Lipinski definition) is 2. The predicted octanol–water partition coefficient (Wildman–Crippen LogP) is 16.1. The second kappa shape index (κ2) is 15.9. The van der Waals surface area contributed by atoms with Gasteiger partial charge in [0.2, 0.25) is 0 Å². The molecule has 0 aliphatic carbocycles. The third-order valence-corrected chi connectivity index (χ3v) is 12.2. The monoisotopic (exact) mass is 798 g/mol. The quantitative estimate of drug-likeness (QED) is 0.160. The molecule has 0 fully saturated rings. The molecule has 0 unspecified atom stereocenters. The summed E-state index contributed by atoms with van der Waals surface area (Å²) in [6.45, 7) is 13.7. The van der Waals surface area contributed by atoms with Gasteiger partial charge in [-0.05, 0) is 99.3 Å². The van der Waals surface area contributed by atoms with E-state index in [1.54, 1.807) is 11.8 Å². The van der Waals surface area contributed by atoms with Crippen molar-refractivity contribution in [1.82, 2.24) is 4.98 Å². The van der Waals surface area contributed by atoms with Crippen LogP contribution in [-0.2, 0) is 10.8 Å². The highest BCUT2D eigenvalue weighted by Crippen LogP contribution is 2.52. The fourth-order valence-electron chi connectivity index (χ4n) is 8.15. The van der Waals surface area contributed by atoms with Crippen molar-refractivity contribution in [2.24, 2.45) is 0 Å². The summed E-state index contributed by atoms with van der Waals surface area (Å²) in [5.41, 5.74) is 16.0. The number of benzene rings is 7. The van der Waals surface area contributed by atoms with Crippen LogP contribution in [-0.4, -0.2) is 4.98 Å². The molecule has 7 aromatic carbocycles. The highest BCUT2D eigenvalue weighted by atomic mass is 32.2. The lowest BCUT2D eigenvalue weighted by Crippen LogP contribution is -2.16. The summed E-state index contributed by atoms with van der Waals surface area (Å²) >= 11 is 1.77. The highest BCUT2D eigenvalue weighted by molar-refractivity contribution is 7.99. The lowest BCUT2D eigenvalue weighted by Gasteiger charge is -2.29. The number of aromatic nitrogens is 1. The maximum atomic E-state index is 4.94. The van der Waals surface area contributed by atoms with Gasteiger partial charge in [-0.2, -0.15) is 0 Å². The molecular weight excluding hydrogens is 749 g/mol. The van der Waals surface area contributed by atoms with Crippen LogP contribution in [0.3, 0.4) is 0 Å². The van der Waals surface area contributed by atoms with Crippen LogP contribution >= 0.6 is 11.8 Å².